The van der Waals surface area contributed by atoms with Crippen molar-refractivity contribution < 1.29 is 13.2 Å². The van der Waals surface area contributed by atoms with Gasteiger partial charge in [-0.2, -0.15) is 13.2 Å². The van der Waals surface area contributed by atoms with Gasteiger partial charge in [-0.15, -0.1) is 11.6 Å². The normalized spacial score (nSPS) is 11.8. The molecule has 0 bridgehead atoms. The van der Waals surface area contributed by atoms with E-state index in [0.717, 1.165) is 6.07 Å². The summed E-state index contributed by atoms with van der Waals surface area (Å²) in [4.78, 5) is 3.28. The summed E-state index contributed by atoms with van der Waals surface area (Å²) in [5.41, 5.74) is -0.905. The van der Waals surface area contributed by atoms with Crippen LogP contribution in [0.25, 0.3) is 0 Å². The molecule has 0 saturated heterocycles. The van der Waals surface area contributed by atoms with Crippen molar-refractivity contribution in [3.05, 3.63) is 28.5 Å². The van der Waals surface area contributed by atoms with E-state index in [9.17, 15) is 13.2 Å². The molecule has 0 radical (unpaired) electrons. The number of alkyl halides is 4. The molecule has 0 unspecified atom stereocenters. The minimum absolute atomic E-state index is 0.0158. The Bertz CT molecular complexity index is 311. The minimum Gasteiger partial charge on any atom is -0.247 e. The summed E-state index contributed by atoms with van der Waals surface area (Å²) in [7, 11) is 0. The largest absolute Gasteiger partial charge is 0.433 e. The van der Waals surface area contributed by atoms with Crippen molar-refractivity contribution >= 4 is 23.2 Å². The Hall–Kier alpha value is -0.480. The number of hydrogen-bond acceptors (Lipinski definition) is 1. The molecular formula is C7H4Cl2F3N. The van der Waals surface area contributed by atoms with E-state index in [1.165, 1.54) is 6.07 Å². The Morgan fingerprint density at radius 3 is 2.38 bits per heavy atom. The van der Waals surface area contributed by atoms with Gasteiger partial charge in [-0.25, -0.2) is 4.98 Å². The zero-order valence-corrected chi connectivity index (χ0v) is 7.71. The molecule has 0 aliphatic heterocycles. The van der Waals surface area contributed by atoms with E-state index in [-0.39, 0.29) is 16.6 Å². The number of hydrogen-bond donors (Lipinski definition) is 0. The molecule has 0 aromatic carbocycles. The molecule has 0 aliphatic rings. The minimum atomic E-state index is -4.48. The number of rotatable bonds is 1. The second-order valence-corrected chi connectivity index (χ2v) is 3.00. The van der Waals surface area contributed by atoms with Gasteiger partial charge < -0.3 is 0 Å². The Morgan fingerprint density at radius 2 is 1.92 bits per heavy atom. The van der Waals surface area contributed by atoms with Crippen LogP contribution in [0.2, 0.25) is 5.02 Å². The van der Waals surface area contributed by atoms with Crippen molar-refractivity contribution in [1.82, 2.24) is 4.98 Å². The molecule has 1 aromatic heterocycles. The van der Waals surface area contributed by atoms with Gasteiger partial charge in [0.2, 0.25) is 0 Å². The third-order valence-corrected chi connectivity index (χ3v) is 1.76. The Balaban J connectivity index is 3.16. The molecule has 0 amide bonds. The summed E-state index contributed by atoms with van der Waals surface area (Å²) in [5, 5.41) is -0.0158. The Morgan fingerprint density at radius 1 is 1.31 bits per heavy atom. The van der Waals surface area contributed by atoms with Gasteiger partial charge in [0, 0.05) is 5.02 Å². The van der Waals surface area contributed by atoms with Crippen LogP contribution in [0.15, 0.2) is 12.1 Å². The topological polar surface area (TPSA) is 12.9 Å². The first kappa shape index (κ1) is 10.6. The molecule has 0 saturated carbocycles. The molecule has 0 spiro atoms. The summed E-state index contributed by atoms with van der Waals surface area (Å²) >= 11 is 10.8. The van der Waals surface area contributed by atoms with Crippen LogP contribution in [-0.4, -0.2) is 4.98 Å². The zero-order chi connectivity index (χ0) is 10.1. The molecule has 0 fully saturated rings. The van der Waals surface area contributed by atoms with E-state index < -0.39 is 11.9 Å². The number of halogens is 5. The van der Waals surface area contributed by atoms with Gasteiger partial charge in [0.15, 0.2) is 0 Å². The molecular weight excluding hydrogens is 226 g/mol. The van der Waals surface area contributed by atoms with E-state index in [2.05, 4.69) is 4.98 Å². The van der Waals surface area contributed by atoms with Crippen LogP contribution in [0.3, 0.4) is 0 Å². The molecule has 6 heteroatoms. The first-order valence-corrected chi connectivity index (χ1v) is 4.14. The predicted octanol–water partition coefficient (Wildman–Crippen LogP) is 3.49. The maximum absolute atomic E-state index is 12.1. The van der Waals surface area contributed by atoms with E-state index in [1.54, 1.807) is 0 Å². The van der Waals surface area contributed by atoms with Crippen molar-refractivity contribution in [2.75, 3.05) is 0 Å². The summed E-state index contributed by atoms with van der Waals surface area (Å²) in [6.45, 7) is 0. The van der Waals surface area contributed by atoms with Crippen LogP contribution >= 0.6 is 23.2 Å². The monoisotopic (exact) mass is 229 g/mol. The smallest absolute Gasteiger partial charge is 0.247 e. The van der Waals surface area contributed by atoms with Gasteiger partial charge in [-0.3, -0.25) is 0 Å². The van der Waals surface area contributed by atoms with Gasteiger partial charge in [-0.1, -0.05) is 11.6 Å². The van der Waals surface area contributed by atoms with Crippen LogP contribution in [-0.2, 0) is 12.1 Å². The molecule has 1 nitrogen and oxygen atoms in total. The van der Waals surface area contributed by atoms with E-state index in [1.807, 2.05) is 0 Å². The highest BCUT2D eigenvalue weighted by Crippen LogP contribution is 2.29. The lowest BCUT2D eigenvalue weighted by molar-refractivity contribution is -0.141. The SMILES string of the molecule is FC(F)(F)c1cc(Cl)cc(CCl)n1. The van der Waals surface area contributed by atoms with Crippen molar-refractivity contribution in [2.24, 2.45) is 0 Å². The van der Waals surface area contributed by atoms with Crippen molar-refractivity contribution in [1.29, 1.82) is 0 Å². The summed E-state index contributed by atoms with van der Waals surface area (Å²) in [6.07, 6.45) is -4.48. The highest BCUT2D eigenvalue weighted by Gasteiger charge is 2.32. The van der Waals surface area contributed by atoms with Gasteiger partial charge >= 0.3 is 6.18 Å². The van der Waals surface area contributed by atoms with Gasteiger partial charge in [0.05, 0.1) is 11.6 Å². The van der Waals surface area contributed by atoms with Crippen LogP contribution in [0.5, 0.6) is 0 Å². The number of aromatic nitrogens is 1. The third kappa shape index (κ3) is 2.74. The fraction of sp³-hybridized carbons (Fsp3) is 0.286. The van der Waals surface area contributed by atoms with Gasteiger partial charge in [0.1, 0.15) is 5.69 Å². The van der Waals surface area contributed by atoms with Crippen LogP contribution in [0.1, 0.15) is 11.4 Å². The van der Waals surface area contributed by atoms with Crippen molar-refractivity contribution in [2.45, 2.75) is 12.1 Å². The third-order valence-electron chi connectivity index (χ3n) is 1.27. The average molecular weight is 230 g/mol. The molecule has 13 heavy (non-hydrogen) atoms. The lowest BCUT2D eigenvalue weighted by Crippen LogP contribution is -2.08. The second-order valence-electron chi connectivity index (χ2n) is 2.29. The maximum Gasteiger partial charge on any atom is 0.433 e. The van der Waals surface area contributed by atoms with Gasteiger partial charge in [-0.05, 0) is 12.1 Å². The quantitative estimate of drug-likeness (QED) is 0.673. The first-order valence-electron chi connectivity index (χ1n) is 3.23. The molecule has 1 aromatic rings. The fourth-order valence-electron chi connectivity index (χ4n) is 0.764. The maximum atomic E-state index is 12.1. The van der Waals surface area contributed by atoms with E-state index in [4.69, 9.17) is 23.2 Å². The lowest BCUT2D eigenvalue weighted by atomic mass is 10.3. The first-order chi connectivity index (χ1) is 5.93. The molecule has 1 rings (SSSR count). The van der Waals surface area contributed by atoms with Crippen LogP contribution < -0.4 is 0 Å². The molecule has 0 N–H and O–H groups in total. The molecule has 0 aliphatic carbocycles. The van der Waals surface area contributed by atoms with Crippen molar-refractivity contribution in [3.63, 3.8) is 0 Å². The zero-order valence-electron chi connectivity index (χ0n) is 6.20. The lowest BCUT2D eigenvalue weighted by Gasteiger charge is -2.06. The van der Waals surface area contributed by atoms with E-state index >= 15 is 0 Å². The van der Waals surface area contributed by atoms with Gasteiger partial charge in [0.25, 0.3) is 0 Å². The Labute approximate surface area is 82.5 Å². The Kier molecular flexibility index (Phi) is 3.03. The standard InChI is InChI=1S/C7H4Cl2F3N/c8-3-5-1-4(9)2-6(13-5)7(10,11)12/h1-2H,3H2. The highest BCUT2D eigenvalue weighted by atomic mass is 35.5. The predicted molar refractivity (Wildman–Crippen MR) is 43.8 cm³/mol. The molecule has 0 atom stereocenters. The molecule has 1 heterocycles. The van der Waals surface area contributed by atoms with Crippen LogP contribution in [0, 0.1) is 0 Å². The van der Waals surface area contributed by atoms with Crippen LogP contribution in [0.4, 0.5) is 13.2 Å². The van der Waals surface area contributed by atoms with Crippen molar-refractivity contribution in [3.8, 4) is 0 Å². The summed E-state index contributed by atoms with van der Waals surface area (Å²) < 4.78 is 36.4. The average Bonchev–Trinajstić information content (AvgIpc) is 2.01. The summed E-state index contributed by atoms with van der Waals surface area (Å²) in [5.74, 6) is -0.0936. The second kappa shape index (κ2) is 3.72. The molecule has 72 valence electrons. The highest BCUT2D eigenvalue weighted by molar-refractivity contribution is 6.30. The fourth-order valence-corrected chi connectivity index (χ4v) is 1.13. The number of nitrogens with zero attached hydrogens (tertiary/aromatic N) is 1. The number of pyridine rings is 1. The van der Waals surface area contributed by atoms with E-state index in [0.29, 0.717) is 0 Å². The summed E-state index contributed by atoms with van der Waals surface area (Å²) in [6, 6.07) is 2.06.